The second-order valence-electron chi connectivity index (χ2n) is 5.22. The lowest BCUT2D eigenvalue weighted by atomic mass is 9.89. The molecular formula is C17H16Cl2O2. The third-order valence-electron chi connectivity index (χ3n) is 3.87. The topological polar surface area (TPSA) is 29.5 Å². The molecule has 2 aromatic carbocycles. The predicted octanol–water partition coefficient (Wildman–Crippen LogP) is 4.94. The molecule has 0 bridgehead atoms. The van der Waals surface area contributed by atoms with E-state index in [4.69, 9.17) is 27.9 Å². The lowest BCUT2D eigenvalue weighted by Gasteiger charge is -2.23. The van der Waals surface area contributed by atoms with Crippen molar-refractivity contribution in [1.82, 2.24) is 0 Å². The van der Waals surface area contributed by atoms with Gasteiger partial charge in [-0.05, 0) is 48.6 Å². The van der Waals surface area contributed by atoms with Gasteiger partial charge in [-0.25, -0.2) is 0 Å². The molecule has 0 fully saturated rings. The van der Waals surface area contributed by atoms with Crippen LogP contribution in [0.1, 0.15) is 35.6 Å². The van der Waals surface area contributed by atoms with Gasteiger partial charge in [0.15, 0.2) is 0 Å². The number of hydrogen-bond donors (Lipinski definition) is 1. The van der Waals surface area contributed by atoms with Crippen LogP contribution in [0.2, 0.25) is 10.0 Å². The summed E-state index contributed by atoms with van der Waals surface area (Å²) in [4.78, 5) is 0. The molecule has 0 aliphatic heterocycles. The molecule has 0 radical (unpaired) electrons. The number of hydrogen-bond acceptors (Lipinski definition) is 2. The standard InChI is InChI=1S/C17H16Cl2O2/c18-14-6-3-7-15(19)13(14)10-21-17-9-2-4-11-12(17)5-1-8-16(11)20/h2-4,6-7,9,16,20H,1,5,8,10H2. The number of rotatable bonds is 3. The fraction of sp³-hybridized carbons (Fsp3) is 0.294. The highest BCUT2D eigenvalue weighted by Crippen LogP contribution is 2.36. The molecular weight excluding hydrogens is 307 g/mol. The minimum atomic E-state index is -0.388. The van der Waals surface area contributed by atoms with Crippen molar-refractivity contribution in [3.05, 3.63) is 63.1 Å². The lowest BCUT2D eigenvalue weighted by Crippen LogP contribution is -2.11. The van der Waals surface area contributed by atoms with Crippen LogP contribution in [0.25, 0.3) is 0 Å². The molecule has 0 saturated heterocycles. The zero-order valence-electron chi connectivity index (χ0n) is 11.5. The molecule has 2 aromatic rings. The van der Waals surface area contributed by atoms with Gasteiger partial charge in [-0.3, -0.25) is 0 Å². The normalized spacial score (nSPS) is 17.4. The molecule has 1 N–H and O–H groups in total. The van der Waals surface area contributed by atoms with E-state index in [1.165, 1.54) is 0 Å². The molecule has 0 aromatic heterocycles. The molecule has 0 saturated carbocycles. The summed E-state index contributed by atoms with van der Waals surface area (Å²) >= 11 is 12.3. The van der Waals surface area contributed by atoms with Gasteiger partial charge in [0.1, 0.15) is 12.4 Å². The van der Waals surface area contributed by atoms with E-state index >= 15 is 0 Å². The molecule has 4 heteroatoms. The summed E-state index contributed by atoms with van der Waals surface area (Å²) < 4.78 is 5.92. The second-order valence-corrected chi connectivity index (χ2v) is 6.04. The Balaban J connectivity index is 1.85. The quantitative estimate of drug-likeness (QED) is 0.867. The predicted molar refractivity (Wildman–Crippen MR) is 85.1 cm³/mol. The molecule has 0 heterocycles. The van der Waals surface area contributed by atoms with Crippen LogP contribution in [0.15, 0.2) is 36.4 Å². The van der Waals surface area contributed by atoms with E-state index in [1.54, 1.807) is 12.1 Å². The maximum atomic E-state index is 10.1. The van der Waals surface area contributed by atoms with Crippen LogP contribution < -0.4 is 4.74 Å². The molecule has 2 nitrogen and oxygen atoms in total. The first-order chi connectivity index (χ1) is 10.2. The highest BCUT2D eigenvalue weighted by molar-refractivity contribution is 6.35. The van der Waals surface area contributed by atoms with Gasteiger partial charge in [0.2, 0.25) is 0 Å². The number of aliphatic hydroxyl groups is 1. The monoisotopic (exact) mass is 322 g/mol. The molecule has 1 unspecified atom stereocenters. The first kappa shape index (κ1) is 14.7. The zero-order chi connectivity index (χ0) is 14.8. The summed E-state index contributed by atoms with van der Waals surface area (Å²) in [6.07, 6.45) is 2.33. The zero-order valence-corrected chi connectivity index (χ0v) is 13.0. The van der Waals surface area contributed by atoms with Crippen molar-refractivity contribution in [1.29, 1.82) is 0 Å². The largest absolute Gasteiger partial charge is 0.489 e. The summed E-state index contributed by atoms with van der Waals surface area (Å²) in [6, 6.07) is 11.2. The van der Waals surface area contributed by atoms with Gasteiger partial charge < -0.3 is 9.84 Å². The summed E-state index contributed by atoms with van der Waals surface area (Å²) in [6.45, 7) is 0.324. The van der Waals surface area contributed by atoms with Crippen molar-refractivity contribution in [2.75, 3.05) is 0 Å². The van der Waals surface area contributed by atoms with Gasteiger partial charge in [-0.1, -0.05) is 41.4 Å². The van der Waals surface area contributed by atoms with Crippen LogP contribution in [0.5, 0.6) is 5.75 Å². The van der Waals surface area contributed by atoms with E-state index in [0.717, 1.165) is 41.7 Å². The highest BCUT2D eigenvalue weighted by atomic mass is 35.5. The Labute approximate surface area is 134 Å². The number of benzene rings is 2. The Morgan fingerprint density at radius 2 is 1.81 bits per heavy atom. The van der Waals surface area contributed by atoms with Gasteiger partial charge in [0, 0.05) is 15.6 Å². The van der Waals surface area contributed by atoms with Crippen molar-refractivity contribution in [2.24, 2.45) is 0 Å². The molecule has 3 rings (SSSR count). The van der Waals surface area contributed by atoms with E-state index in [0.29, 0.717) is 16.7 Å². The average Bonchev–Trinajstić information content (AvgIpc) is 2.47. The highest BCUT2D eigenvalue weighted by Gasteiger charge is 2.21. The van der Waals surface area contributed by atoms with Crippen molar-refractivity contribution >= 4 is 23.2 Å². The van der Waals surface area contributed by atoms with Crippen LogP contribution in [-0.2, 0) is 13.0 Å². The van der Waals surface area contributed by atoms with Crippen LogP contribution in [0.4, 0.5) is 0 Å². The molecule has 0 spiro atoms. The molecule has 110 valence electrons. The Morgan fingerprint density at radius 3 is 2.57 bits per heavy atom. The number of fused-ring (bicyclic) bond motifs is 1. The summed E-state index contributed by atoms with van der Waals surface area (Å²) in [5, 5.41) is 11.3. The Kier molecular flexibility index (Phi) is 4.39. The first-order valence-electron chi connectivity index (χ1n) is 7.02. The second kappa shape index (κ2) is 6.27. The molecule has 0 amide bonds. The van der Waals surface area contributed by atoms with E-state index < -0.39 is 0 Å². The van der Waals surface area contributed by atoms with Crippen molar-refractivity contribution < 1.29 is 9.84 Å². The summed E-state index contributed by atoms with van der Waals surface area (Å²) in [5.74, 6) is 0.808. The van der Waals surface area contributed by atoms with Crippen LogP contribution in [0, 0.1) is 0 Å². The molecule has 21 heavy (non-hydrogen) atoms. The van der Waals surface area contributed by atoms with Gasteiger partial charge >= 0.3 is 0 Å². The minimum Gasteiger partial charge on any atom is -0.489 e. The maximum absolute atomic E-state index is 10.1. The van der Waals surface area contributed by atoms with E-state index in [2.05, 4.69) is 0 Å². The smallest absolute Gasteiger partial charge is 0.123 e. The Hall–Kier alpha value is -1.22. The van der Waals surface area contributed by atoms with Gasteiger partial charge in [-0.2, -0.15) is 0 Å². The van der Waals surface area contributed by atoms with Gasteiger partial charge in [-0.15, -0.1) is 0 Å². The van der Waals surface area contributed by atoms with Gasteiger partial charge in [0.05, 0.1) is 6.10 Å². The average molecular weight is 323 g/mol. The van der Waals surface area contributed by atoms with Crippen LogP contribution in [0.3, 0.4) is 0 Å². The fourth-order valence-electron chi connectivity index (χ4n) is 2.75. The molecule has 1 aliphatic carbocycles. The lowest BCUT2D eigenvalue weighted by molar-refractivity contribution is 0.155. The summed E-state index contributed by atoms with van der Waals surface area (Å²) in [5.41, 5.74) is 2.86. The fourth-order valence-corrected chi connectivity index (χ4v) is 3.25. The molecule has 1 atom stereocenters. The third-order valence-corrected chi connectivity index (χ3v) is 4.57. The van der Waals surface area contributed by atoms with Crippen LogP contribution in [-0.4, -0.2) is 5.11 Å². The van der Waals surface area contributed by atoms with Crippen molar-refractivity contribution in [2.45, 2.75) is 32.0 Å². The SMILES string of the molecule is OC1CCCc2c(OCc3c(Cl)cccc3Cl)cccc21. The van der Waals surface area contributed by atoms with Crippen molar-refractivity contribution in [3.63, 3.8) is 0 Å². The van der Waals surface area contributed by atoms with Crippen molar-refractivity contribution in [3.8, 4) is 5.75 Å². The van der Waals surface area contributed by atoms with E-state index in [-0.39, 0.29) is 6.10 Å². The Morgan fingerprint density at radius 1 is 1.10 bits per heavy atom. The number of halogens is 2. The minimum absolute atomic E-state index is 0.324. The van der Waals surface area contributed by atoms with Gasteiger partial charge in [0.25, 0.3) is 0 Å². The summed E-state index contributed by atoms with van der Waals surface area (Å²) in [7, 11) is 0. The van der Waals surface area contributed by atoms with E-state index in [9.17, 15) is 5.11 Å². The Bertz CT molecular complexity index is 635. The number of ether oxygens (including phenoxy) is 1. The molecule has 1 aliphatic rings. The maximum Gasteiger partial charge on any atom is 0.123 e. The third kappa shape index (κ3) is 3.03. The first-order valence-corrected chi connectivity index (χ1v) is 7.78. The number of aliphatic hydroxyl groups excluding tert-OH is 1. The van der Waals surface area contributed by atoms with E-state index in [1.807, 2.05) is 24.3 Å². The van der Waals surface area contributed by atoms with Crippen LogP contribution >= 0.6 is 23.2 Å².